The minimum absolute atomic E-state index is 0.0634. The first-order valence-electron chi connectivity index (χ1n) is 8.96. The van der Waals surface area contributed by atoms with Crippen molar-refractivity contribution in [1.82, 2.24) is 9.88 Å². The molecule has 1 aromatic heterocycles. The van der Waals surface area contributed by atoms with Crippen LogP contribution >= 0.6 is 0 Å². The lowest BCUT2D eigenvalue weighted by molar-refractivity contribution is -0.122. The Labute approximate surface area is 152 Å². The van der Waals surface area contributed by atoms with Crippen LogP contribution in [0.2, 0.25) is 0 Å². The third-order valence-corrected chi connectivity index (χ3v) is 4.61. The lowest BCUT2D eigenvalue weighted by Crippen LogP contribution is -2.35. The second-order valence-electron chi connectivity index (χ2n) is 6.81. The molecule has 1 amide bonds. The van der Waals surface area contributed by atoms with Crippen LogP contribution in [0, 0.1) is 5.92 Å². The molecule has 1 heterocycles. The van der Waals surface area contributed by atoms with Gasteiger partial charge in [0, 0.05) is 0 Å². The zero-order valence-corrected chi connectivity index (χ0v) is 15.4. The molecule has 1 atom stereocenters. The van der Waals surface area contributed by atoms with Gasteiger partial charge in [-0.2, -0.15) is 0 Å². The topological polar surface area (TPSA) is 64.2 Å². The SMILES string of the molecule is CCc1ccc([C@@H](NC(=O)Cn2c(=O)oc3ccccc32)C(C)C)cc1. The largest absolute Gasteiger partial charge is 0.420 e. The fraction of sp³-hybridized carbons (Fsp3) is 0.333. The Morgan fingerprint density at radius 1 is 1.12 bits per heavy atom. The number of rotatable bonds is 6. The molecular formula is C21H24N2O3. The number of aryl methyl sites for hydroxylation is 1. The van der Waals surface area contributed by atoms with Gasteiger partial charge in [0.25, 0.3) is 0 Å². The number of carbonyl (C=O) groups excluding carboxylic acids is 1. The summed E-state index contributed by atoms with van der Waals surface area (Å²) in [5.41, 5.74) is 3.44. The van der Waals surface area contributed by atoms with Crippen molar-refractivity contribution in [2.75, 3.05) is 0 Å². The number of carbonyl (C=O) groups is 1. The van der Waals surface area contributed by atoms with Crippen molar-refractivity contribution in [2.45, 2.75) is 39.8 Å². The summed E-state index contributed by atoms with van der Waals surface area (Å²) in [7, 11) is 0. The predicted octanol–water partition coefficient (Wildman–Crippen LogP) is 3.67. The van der Waals surface area contributed by atoms with Crippen molar-refractivity contribution in [2.24, 2.45) is 5.92 Å². The Bertz CT molecular complexity index is 951. The number of hydrogen-bond donors (Lipinski definition) is 1. The summed E-state index contributed by atoms with van der Waals surface area (Å²) < 4.78 is 6.55. The van der Waals surface area contributed by atoms with Gasteiger partial charge in [0.05, 0.1) is 11.6 Å². The molecule has 0 saturated carbocycles. The van der Waals surface area contributed by atoms with Crippen LogP contribution in [0.15, 0.2) is 57.7 Å². The smallest absolute Gasteiger partial charge is 0.408 e. The predicted molar refractivity (Wildman–Crippen MR) is 102 cm³/mol. The van der Waals surface area contributed by atoms with E-state index >= 15 is 0 Å². The number of para-hydroxylation sites is 2. The van der Waals surface area contributed by atoms with E-state index in [1.807, 2.05) is 6.07 Å². The van der Waals surface area contributed by atoms with E-state index in [0.29, 0.717) is 11.1 Å². The van der Waals surface area contributed by atoms with Gasteiger partial charge >= 0.3 is 5.76 Å². The van der Waals surface area contributed by atoms with Crippen molar-refractivity contribution < 1.29 is 9.21 Å². The van der Waals surface area contributed by atoms with Crippen LogP contribution in [0.5, 0.6) is 0 Å². The van der Waals surface area contributed by atoms with Crippen molar-refractivity contribution in [3.05, 3.63) is 70.2 Å². The van der Waals surface area contributed by atoms with Gasteiger partial charge in [-0.3, -0.25) is 9.36 Å². The summed E-state index contributed by atoms with van der Waals surface area (Å²) in [4.78, 5) is 24.7. The van der Waals surface area contributed by atoms with Crippen LogP contribution < -0.4 is 11.1 Å². The van der Waals surface area contributed by atoms with E-state index in [1.54, 1.807) is 18.2 Å². The van der Waals surface area contributed by atoms with Gasteiger partial charge in [-0.1, -0.05) is 57.2 Å². The van der Waals surface area contributed by atoms with Gasteiger partial charge in [-0.15, -0.1) is 0 Å². The Balaban J connectivity index is 1.79. The second kappa shape index (κ2) is 7.60. The molecule has 5 nitrogen and oxygen atoms in total. The van der Waals surface area contributed by atoms with Crippen LogP contribution in [0.3, 0.4) is 0 Å². The van der Waals surface area contributed by atoms with E-state index in [-0.39, 0.29) is 24.4 Å². The highest BCUT2D eigenvalue weighted by atomic mass is 16.4. The van der Waals surface area contributed by atoms with Gasteiger partial charge in [-0.25, -0.2) is 4.79 Å². The molecule has 3 aromatic rings. The Morgan fingerprint density at radius 2 is 1.81 bits per heavy atom. The average Bonchev–Trinajstić information content (AvgIpc) is 2.95. The van der Waals surface area contributed by atoms with E-state index in [9.17, 15) is 9.59 Å². The molecule has 136 valence electrons. The van der Waals surface area contributed by atoms with Gasteiger partial charge in [0.1, 0.15) is 6.54 Å². The van der Waals surface area contributed by atoms with E-state index < -0.39 is 5.76 Å². The standard InChI is InChI=1S/C21H24N2O3/c1-4-15-9-11-16(12-10-15)20(14(2)3)22-19(24)13-23-17-7-5-6-8-18(17)26-21(23)25/h5-12,14,20H,4,13H2,1-3H3,(H,22,24)/t20-/m0/s1. The number of oxazole rings is 1. The number of nitrogens with zero attached hydrogens (tertiary/aromatic N) is 1. The summed E-state index contributed by atoms with van der Waals surface area (Å²) in [6.45, 7) is 6.19. The minimum Gasteiger partial charge on any atom is -0.408 e. The molecule has 0 spiro atoms. The van der Waals surface area contributed by atoms with Gasteiger partial charge in [0.15, 0.2) is 5.58 Å². The highest BCUT2D eigenvalue weighted by Gasteiger charge is 2.20. The third kappa shape index (κ3) is 3.72. The highest BCUT2D eigenvalue weighted by molar-refractivity contribution is 5.79. The van der Waals surface area contributed by atoms with Crippen LogP contribution in [-0.4, -0.2) is 10.5 Å². The fourth-order valence-corrected chi connectivity index (χ4v) is 3.12. The number of hydrogen-bond acceptors (Lipinski definition) is 3. The van der Waals surface area contributed by atoms with E-state index in [2.05, 4.69) is 50.4 Å². The number of amides is 1. The van der Waals surface area contributed by atoms with Gasteiger partial charge in [-0.05, 0) is 35.6 Å². The third-order valence-electron chi connectivity index (χ3n) is 4.61. The van der Waals surface area contributed by atoms with Crippen molar-refractivity contribution in [3.63, 3.8) is 0 Å². The van der Waals surface area contributed by atoms with Crippen LogP contribution in [0.4, 0.5) is 0 Å². The number of fused-ring (bicyclic) bond motifs is 1. The lowest BCUT2D eigenvalue weighted by Gasteiger charge is -2.23. The summed E-state index contributed by atoms with van der Waals surface area (Å²) in [5.74, 6) is -0.504. The first-order chi connectivity index (χ1) is 12.5. The molecule has 0 bridgehead atoms. The Hall–Kier alpha value is -2.82. The molecule has 2 aromatic carbocycles. The minimum atomic E-state index is -0.519. The molecule has 0 unspecified atom stereocenters. The van der Waals surface area contributed by atoms with Crippen LogP contribution in [0.25, 0.3) is 11.1 Å². The van der Waals surface area contributed by atoms with Gasteiger partial charge in [0.2, 0.25) is 5.91 Å². The lowest BCUT2D eigenvalue weighted by atomic mass is 9.95. The zero-order valence-electron chi connectivity index (χ0n) is 15.4. The van der Waals surface area contributed by atoms with Crippen molar-refractivity contribution in [1.29, 1.82) is 0 Å². The monoisotopic (exact) mass is 352 g/mol. The Kier molecular flexibility index (Phi) is 5.26. The summed E-state index contributed by atoms with van der Waals surface area (Å²) in [6, 6.07) is 15.3. The molecule has 0 aliphatic carbocycles. The van der Waals surface area contributed by atoms with Crippen molar-refractivity contribution in [3.8, 4) is 0 Å². The molecule has 1 N–H and O–H groups in total. The van der Waals surface area contributed by atoms with Crippen LogP contribution in [-0.2, 0) is 17.8 Å². The maximum absolute atomic E-state index is 12.6. The molecule has 0 fully saturated rings. The summed E-state index contributed by atoms with van der Waals surface area (Å²) in [6.07, 6.45) is 0.982. The maximum atomic E-state index is 12.6. The summed E-state index contributed by atoms with van der Waals surface area (Å²) in [5, 5.41) is 3.06. The van der Waals surface area contributed by atoms with E-state index in [4.69, 9.17) is 4.42 Å². The van der Waals surface area contributed by atoms with Gasteiger partial charge < -0.3 is 9.73 Å². The molecular weight excluding hydrogens is 328 g/mol. The average molecular weight is 352 g/mol. The maximum Gasteiger partial charge on any atom is 0.420 e. The number of benzene rings is 2. The number of nitrogens with one attached hydrogen (secondary N) is 1. The first-order valence-corrected chi connectivity index (χ1v) is 8.96. The normalized spacial score (nSPS) is 12.5. The summed E-state index contributed by atoms with van der Waals surface area (Å²) >= 11 is 0. The molecule has 26 heavy (non-hydrogen) atoms. The molecule has 0 aliphatic rings. The highest BCUT2D eigenvalue weighted by Crippen LogP contribution is 2.22. The first kappa shape index (κ1) is 18.0. The molecule has 5 heteroatoms. The fourth-order valence-electron chi connectivity index (χ4n) is 3.12. The zero-order chi connectivity index (χ0) is 18.7. The molecule has 0 saturated heterocycles. The van der Waals surface area contributed by atoms with E-state index in [1.165, 1.54) is 10.1 Å². The van der Waals surface area contributed by atoms with E-state index in [0.717, 1.165) is 12.0 Å². The van der Waals surface area contributed by atoms with Crippen LogP contribution in [0.1, 0.15) is 37.9 Å². The molecule has 3 rings (SSSR count). The number of aromatic nitrogens is 1. The molecule has 0 aliphatic heterocycles. The molecule has 0 radical (unpaired) electrons. The Morgan fingerprint density at radius 3 is 2.46 bits per heavy atom. The van der Waals surface area contributed by atoms with Crippen molar-refractivity contribution >= 4 is 17.0 Å². The quantitative estimate of drug-likeness (QED) is 0.736. The second-order valence-corrected chi connectivity index (χ2v) is 6.81.